The fourth-order valence-corrected chi connectivity index (χ4v) is 7.52. The smallest absolute Gasteiger partial charge is 0.247 e. The van der Waals surface area contributed by atoms with Gasteiger partial charge in [0.1, 0.15) is 18.1 Å². The van der Waals surface area contributed by atoms with Crippen LogP contribution in [0.25, 0.3) is 22.2 Å². The molecule has 0 spiro atoms. The van der Waals surface area contributed by atoms with E-state index < -0.39 is 18.1 Å². The van der Waals surface area contributed by atoms with Gasteiger partial charge in [-0.25, -0.2) is 0 Å². The molecule has 4 aromatic carbocycles. The summed E-state index contributed by atoms with van der Waals surface area (Å²) in [5.74, 6) is -0.468. The lowest BCUT2D eigenvalue weighted by molar-refractivity contribution is -0.140. The molecule has 2 aliphatic heterocycles. The molecule has 7 rings (SSSR count). The lowest BCUT2D eigenvalue weighted by Crippen LogP contribution is -2.47. The number of aromatic amines is 1. The van der Waals surface area contributed by atoms with Gasteiger partial charge >= 0.3 is 0 Å². The highest BCUT2D eigenvalue weighted by atomic mass is 16.2. The maximum Gasteiger partial charge on any atom is 0.247 e. The molecule has 0 saturated carbocycles. The van der Waals surface area contributed by atoms with E-state index in [4.69, 9.17) is 0 Å². The molecule has 10 nitrogen and oxygen atoms in total. The molecule has 0 radical (unpaired) electrons. The van der Waals surface area contributed by atoms with Gasteiger partial charge in [-0.05, 0) is 92.9 Å². The molecule has 1 aromatic heterocycles. The zero-order valence-corrected chi connectivity index (χ0v) is 29.5. The molecule has 0 aliphatic carbocycles. The standard InChI is InChI=1S/C42H44N6O4/c1-46(2)39(30-13-7-4-8-14-30)42(52)48-24-10-16-37(48)41(51)44-33-21-22-34-31(26-33)27-35(45-34)29-17-19-32(20-18-29)43-40(50)36-15-9-23-47(36)38(49)25-28-11-5-3-6-12-28/h3-8,11-14,17-22,26-27,36-37,39,45H,9-10,15-16,23-25H2,1-2H3,(H,43,50)(H,44,51)/t36-,37-,39?/m0/s1. The van der Waals surface area contributed by atoms with Gasteiger partial charge in [0.05, 0.1) is 6.42 Å². The number of likely N-dealkylation sites (N-methyl/N-ethyl adjacent to an activating group) is 1. The quantitative estimate of drug-likeness (QED) is 0.160. The Kier molecular flexibility index (Phi) is 10.2. The summed E-state index contributed by atoms with van der Waals surface area (Å²) in [7, 11) is 3.77. The van der Waals surface area contributed by atoms with Crippen molar-refractivity contribution >= 4 is 45.9 Å². The summed E-state index contributed by atoms with van der Waals surface area (Å²) < 4.78 is 0. The number of fused-ring (bicyclic) bond motifs is 1. The van der Waals surface area contributed by atoms with Crippen LogP contribution in [0.1, 0.15) is 42.9 Å². The molecule has 3 N–H and O–H groups in total. The Bertz CT molecular complexity index is 2060. The summed E-state index contributed by atoms with van der Waals surface area (Å²) in [4.78, 5) is 62.4. The molecule has 52 heavy (non-hydrogen) atoms. The van der Waals surface area contributed by atoms with Crippen LogP contribution in [-0.2, 0) is 25.6 Å². The Morgan fingerprint density at radius 1 is 0.731 bits per heavy atom. The van der Waals surface area contributed by atoms with E-state index >= 15 is 0 Å². The van der Waals surface area contributed by atoms with E-state index in [-0.39, 0.29) is 30.0 Å². The Balaban J connectivity index is 0.982. The molecule has 5 aromatic rings. The van der Waals surface area contributed by atoms with Crippen molar-refractivity contribution in [2.24, 2.45) is 0 Å². The summed E-state index contributed by atoms with van der Waals surface area (Å²) in [5.41, 5.74) is 5.92. The summed E-state index contributed by atoms with van der Waals surface area (Å²) in [6, 6.07) is 33.2. The van der Waals surface area contributed by atoms with Crippen LogP contribution in [-0.4, -0.2) is 82.6 Å². The van der Waals surface area contributed by atoms with Gasteiger partial charge in [-0.3, -0.25) is 24.1 Å². The summed E-state index contributed by atoms with van der Waals surface area (Å²) >= 11 is 0. The molecule has 0 bridgehead atoms. The monoisotopic (exact) mass is 696 g/mol. The largest absolute Gasteiger partial charge is 0.355 e. The molecule has 266 valence electrons. The minimum absolute atomic E-state index is 0.0340. The molecule has 1 unspecified atom stereocenters. The number of hydrogen-bond donors (Lipinski definition) is 3. The Hall–Kier alpha value is -5.74. The van der Waals surface area contributed by atoms with Crippen LogP contribution in [0.4, 0.5) is 11.4 Å². The molecular formula is C42H44N6O4. The zero-order chi connectivity index (χ0) is 36.2. The fourth-order valence-electron chi connectivity index (χ4n) is 7.52. The number of amides is 4. The third-order valence-corrected chi connectivity index (χ3v) is 10.1. The van der Waals surface area contributed by atoms with Gasteiger partial charge in [0, 0.05) is 41.1 Å². The number of H-pyrrole nitrogens is 1. The molecule has 3 atom stereocenters. The predicted molar refractivity (Wildman–Crippen MR) is 203 cm³/mol. The van der Waals surface area contributed by atoms with Gasteiger partial charge < -0.3 is 25.4 Å². The van der Waals surface area contributed by atoms with Crippen molar-refractivity contribution in [3.8, 4) is 11.3 Å². The number of carbonyl (C=O) groups is 4. The minimum atomic E-state index is -0.540. The number of benzene rings is 4. The van der Waals surface area contributed by atoms with Gasteiger partial charge in [-0.15, -0.1) is 0 Å². The number of nitrogens with one attached hydrogen (secondary N) is 3. The first-order valence-corrected chi connectivity index (χ1v) is 18.0. The summed E-state index contributed by atoms with van der Waals surface area (Å²) in [5, 5.41) is 7.00. The van der Waals surface area contributed by atoms with Crippen LogP contribution in [0.3, 0.4) is 0 Å². The van der Waals surface area contributed by atoms with E-state index in [9.17, 15) is 19.2 Å². The second-order valence-corrected chi connectivity index (χ2v) is 13.9. The van der Waals surface area contributed by atoms with Gasteiger partial charge in [0.2, 0.25) is 23.6 Å². The van der Waals surface area contributed by atoms with Crippen molar-refractivity contribution in [2.45, 2.75) is 50.2 Å². The molecular weight excluding hydrogens is 652 g/mol. The molecule has 4 amide bonds. The highest BCUT2D eigenvalue weighted by Crippen LogP contribution is 2.30. The van der Waals surface area contributed by atoms with E-state index in [0.717, 1.165) is 46.1 Å². The minimum Gasteiger partial charge on any atom is -0.355 e. The molecule has 10 heteroatoms. The number of hydrogen-bond acceptors (Lipinski definition) is 5. The van der Waals surface area contributed by atoms with Crippen LogP contribution >= 0.6 is 0 Å². The van der Waals surface area contributed by atoms with E-state index in [2.05, 4.69) is 15.6 Å². The van der Waals surface area contributed by atoms with Gasteiger partial charge in [0.25, 0.3) is 0 Å². The fraction of sp³-hybridized carbons (Fsp3) is 0.286. The second kappa shape index (κ2) is 15.2. The highest BCUT2D eigenvalue weighted by Gasteiger charge is 2.38. The van der Waals surface area contributed by atoms with Gasteiger partial charge in [-0.2, -0.15) is 0 Å². The average molecular weight is 697 g/mol. The topological polar surface area (TPSA) is 118 Å². The van der Waals surface area contributed by atoms with E-state index in [0.29, 0.717) is 37.3 Å². The molecule has 3 heterocycles. The van der Waals surface area contributed by atoms with E-state index in [1.165, 1.54) is 0 Å². The van der Waals surface area contributed by atoms with E-state index in [1.54, 1.807) is 9.80 Å². The van der Waals surface area contributed by atoms with Crippen molar-refractivity contribution in [2.75, 3.05) is 37.8 Å². The average Bonchev–Trinajstić information content (AvgIpc) is 3.93. The number of anilines is 2. The summed E-state index contributed by atoms with van der Waals surface area (Å²) in [6.45, 7) is 1.13. The SMILES string of the molecule is CN(C)C(C(=O)N1CCC[C@H]1C(=O)Nc1ccc2[nH]c(-c3ccc(NC(=O)[C@@H]4CCCN4C(=O)Cc4ccccc4)cc3)cc2c1)c1ccccc1. The number of likely N-dealkylation sites (tertiary alicyclic amines) is 2. The molecule has 2 aliphatic rings. The third-order valence-electron chi connectivity index (χ3n) is 10.1. The molecule has 2 fully saturated rings. The normalized spacial score (nSPS) is 17.8. The lowest BCUT2D eigenvalue weighted by Gasteiger charge is -2.31. The van der Waals surface area contributed by atoms with E-state index in [1.807, 2.05) is 128 Å². The van der Waals surface area contributed by atoms with Crippen molar-refractivity contribution in [3.63, 3.8) is 0 Å². The number of nitrogens with zero attached hydrogens (tertiary/aromatic N) is 3. The van der Waals surface area contributed by atoms with Crippen molar-refractivity contribution in [3.05, 3.63) is 120 Å². The summed E-state index contributed by atoms with van der Waals surface area (Å²) in [6.07, 6.45) is 3.11. The van der Waals surface area contributed by atoms with Crippen LogP contribution in [0.15, 0.2) is 109 Å². The third kappa shape index (κ3) is 7.48. The number of aromatic nitrogens is 1. The van der Waals surface area contributed by atoms with Gasteiger partial charge in [0.15, 0.2) is 0 Å². The van der Waals surface area contributed by atoms with Crippen molar-refractivity contribution in [1.82, 2.24) is 19.7 Å². The maximum atomic E-state index is 13.8. The van der Waals surface area contributed by atoms with Crippen LogP contribution < -0.4 is 10.6 Å². The Labute approximate surface area is 303 Å². The lowest BCUT2D eigenvalue weighted by atomic mass is 10.0. The second-order valence-electron chi connectivity index (χ2n) is 13.9. The van der Waals surface area contributed by atoms with Crippen molar-refractivity contribution in [1.29, 1.82) is 0 Å². The van der Waals surface area contributed by atoms with Crippen LogP contribution in [0.2, 0.25) is 0 Å². The number of rotatable bonds is 10. The van der Waals surface area contributed by atoms with Crippen LogP contribution in [0.5, 0.6) is 0 Å². The zero-order valence-electron chi connectivity index (χ0n) is 29.5. The maximum absolute atomic E-state index is 13.8. The Morgan fingerprint density at radius 3 is 2.00 bits per heavy atom. The predicted octanol–water partition coefficient (Wildman–Crippen LogP) is 6.24. The first kappa shape index (κ1) is 34.7. The highest BCUT2D eigenvalue weighted by molar-refractivity contribution is 6.00. The Morgan fingerprint density at radius 2 is 1.33 bits per heavy atom. The first-order valence-electron chi connectivity index (χ1n) is 18.0. The number of carbonyl (C=O) groups excluding carboxylic acids is 4. The van der Waals surface area contributed by atoms with Gasteiger partial charge in [-0.1, -0.05) is 72.8 Å². The van der Waals surface area contributed by atoms with Crippen molar-refractivity contribution < 1.29 is 19.2 Å². The first-order chi connectivity index (χ1) is 25.2. The van der Waals surface area contributed by atoms with Crippen LogP contribution in [0, 0.1) is 0 Å². The molecule has 2 saturated heterocycles.